The quantitative estimate of drug-likeness (QED) is 0.627. The van der Waals surface area contributed by atoms with E-state index in [9.17, 15) is 4.79 Å². The summed E-state index contributed by atoms with van der Waals surface area (Å²) in [6.07, 6.45) is 5.27. The maximum Gasteiger partial charge on any atom is 0.246 e. The first-order chi connectivity index (χ1) is 7.77. The minimum Gasteiger partial charge on any atom is -0.371 e. The van der Waals surface area contributed by atoms with Gasteiger partial charge in [0.1, 0.15) is 6.61 Å². The fourth-order valence-corrected chi connectivity index (χ4v) is 2.18. The first-order valence-electron chi connectivity index (χ1n) is 5.93. The summed E-state index contributed by atoms with van der Waals surface area (Å²) in [5.41, 5.74) is 5.68. The van der Waals surface area contributed by atoms with Gasteiger partial charge in [0.2, 0.25) is 5.91 Å². The van der Waals surface area contributed by atoms with Crippen molar-refractivity contribution in [2.75, 3.05) is 26.3 Å². The van der Waals surface area contributed by atoms with Crippen LogP contribution in [0.5, 0.6) is 0 Å². The van der Waals surface area contributed by atoms with E-state index in [0.29, 0.717) is 25.0 Å². The van der Waals surface area contributed by atoms with Crippen LogP contribution in [0.2, 0.25) is 0 Å². The Morgan fingerprint density at radius 2 is 2.25 bits per heavy atom. The molecule has 3 N–H and O–H groups in total. The van der Waals surface area contributed by atoms with Crippen LogP contribution in [0.3, 0.4) is 0 Å². The molecule has 92 valence electrons. The molecular weight excluding hydrogens is 204 g/mol. The van der Waals surface area contributed by atoms with Crippen molar-refractivity contribution >= 4 is 5.91 Å². The van der Waals surface area contributed by atoms with Gasteiger partial charge in [-0.3, -0.25) is 4.79 Å². The third kappa shape index (κ3) is 4.33. The van der Waals surface area contributed by atoms with Gasteiger partial charge in [-0.25, -0.2) is 0 Å². The van der Waals surface area contributed by atoms with E-state index in [4.69, 9.17) is 10.5 Å². The fraction of sp³-hybridized carbons (Fsp3) is 0.750. The van der Waals surface area contributed by atoms with Crippen LogP contribution in [0.25, 0.3) is 0 Å². The third-order valence-corrected chi connectivity index (χ3v) is 3.13. The number of rotatable bonds is 7. The first-order valence-corrected chi connectivity index (χ1v) is 5.93. The summed E-state index contributed by atoms with van der Waals surface area (Å²) in [4.78, 5) is 11.2. The number of nitrogens with two attached hydrogens (primary N) is 1. The molecular formula is C12H22N2O2. The molecule has 0 aromatic carbocycles. The van der Waals surface area contributed by atoms with Crippen LogP contribution in [-0.2, 0) is 9.53 Å². The maximum absolute atomic E-state index is 11.2. The third-order valence-electron chi connectivity index (χ3n) is 3.13. The van der Waals surface area contributed by atoms with Gasteiger partial charge in [0.05, 0.1) is 6.61 Å². The molecule has 4 heteroatoms. The number of nitrogens with one attached hydrogen (secondary N) is 1. The highest BCUT2D eigenvalue weighted by Crippen LogP contribution is 2.30. The van der Waals surface area contributed by atoms with E-state index >= 15 is 0 Å². The topological polar surface area (TPSA) is 64.3 Å². The van der Waals surface area contributed by atoms with Crippen molar-refractivity contribution < 1.29 is 9.53 Å². The van der Waals surface area contributed by atoms with Crippen LogP contribution in [0.1, 0.15) is 19.3 Å². The summed E-state index contributed by atoms with van der Waals surface area (Å²) in [7, 11) is 0. The molecule has 1 saturated carbocycles. The molecule has 4 nitrogen and oxygen atoms in total. The van der Waals surface area contributed by atoms with Gasteiger partial charge in [0, 0.05) is 6.54 Å². The van der Waals surface area contributed by atoms with Gasteiger partial charge in [0.25, 0.3) is 0 Å². The van der Waals surface area contributed by atoms with Gasteiger partial charge in [0.15, 0.2) is 0 Å². The Labute approximate surface area is 97.2 Å². The van der Waals surface area contributed by atoms with E-state index in [0.717, 1.165) is 6.54 Å². The van der Waals surface area contributed by atoms with E-state index in [1.807, 2.05) is 0 Å². The van der Waals surface area contributed by atoms with Crippen molar-refractivity contribution in [3.63, 3.8) is 0 Å². The number of carbonyl (C=O) groups is 1. The molecule has 2 unspecified atom stereocenters. The van der Waals surface area contributed by atoms with Crippen molar-refractivity contribution in [1.82, 2.24) is 5.32 Å². The highest BCUT2D eigenvalue weighted by molar-refractivity contribution is 5.77. The molecule has 1 rings (SSSR count). The molecule has 0 aliphatic heterocycles. The average molecular weight is 226 g/mol. The predicted molar refractivity (Wildman–Crippen MR) is 63.9 cm³/mol. The van der Waals surface area contributed by atoms with Crippen molar-refractivity contribution in [1.29, 1.82) is 0 Å². The zero-order valence-electron chi connectivity index (χ0n) is 9.78. The zero-order valence-corrected chi connectivity index (χ0v) is 9.78. The lowest BCUT2D eigenvalue weighted by Gasteiger charge is -2.17. The van der Waals surface area contributed by atoms with E-state index < -0.39 is 0 Å². The van der Waals surface area contributed by atoms with Gasteiger partial charge in [-0.2, -0.15) is 0 Å². The molecule has 0 spiro atoms. The van der Waals surface area contributed by atoms with Crippen LogP contribution in [0, 0.1) is 11.8 Å². The van der Waals surface area contributed by atoms with Crippen LogP contribution in [-0.4, -0.2) is 32.2 Å². The molecule has 1 aliphatic carbocycles. The van der Waals surface area contributed by atoms with Crippen molar-refractivity contribution in [3.8, 4) is 0 Å². The lowest BCUT2D eigenvalue weighted by Crippen LogP contribution is -2.29. The van der Waals surface area contributed by atoms with E-state index in [2.05, 4.69) is 11.9 Å². The molecule has 16 heavy (non-hydrogen) atoms. The largest absolute Gasteiger partial charge is 0.371 e. The molecule has 0 saturated heterocycles. The van der Waals surface area contributed by atoms with Crippen LogP contribution >= 0.6 is 0 Å². The molecule has 0 heterocycles. The monoisotopic (exact) mass is 226 g/mol. The summed E-state index contributed by atoms with van der Waals surface area (Å²) < 4.78 is 5.41. The molecule has 0 aromatic heterocycles. The van der Waals surface area contributed by atoms with Gasteiger partial charge in [-0.1, -0.05) is 12.5 Å². The fourth-order valence-electron chi connectivity index (χ4n) is 2.18. The number of ether oxygens (including phenoxy) is 1. The van der Waals surface area contributed by atoms with Crippen LogP contribution in [0.15, 0.2) is 12.7 Å². The highest BCUT2D eigenvalue weighted by atomic mass is 16.5. The number of amides is 1. The second-order valence-corrected chi connectivity index (χ2v) is 4.29. The van der Waals surface area contributed by atoms with E-state index in [1.54, 1.807) is 6.08 Å². The second kappa shape index (κ2) is 7.41. The molecule has 0 bridgehead atoms. The van der Waals surface area contributed by atoms with Crippen molar-refractivity contribution in [3.05, 3.63) is 12.7 Å². The van der Waals surface area contributed by atoms with Gasteiger partial charge in [-0.15, -0.1) is 6.58 Å². The Bertz CT molecular complexity index is 231. The normalized spacial score (nSPS) is 24.3. The van der Waals surface area contributed by atoms with Gasteiger partial charge in [-0.05, 0) is 31.2 Å². The number of hydrogen-bond donors (Lipinski definition) is 2. The zero-order chi connectivity index (χ0) is 11.8. The minimum absolute atomic E-state index is 0.0813. The van der Waals surface area contributed by atoms with Crippen molar-refractivity contribution in [2.24, 2.45) is 17.6 Å². The Balaban J connectivity index is 2.10. The minimum atomic E-state index is -0.0813. The Morgan fingerprint density at radius 1 is 1.50 bits per heavy atom. The van der Waals surface area contributed by atoms with E-state index in [1.165, 1.54) is 19.3 Å². The predicted octanol–water partition coefficient (Wildman–Crippen LogP) is 0.680. The van der Waals surface area contributed by atoms with Crippen LogP contribution < -0.4 is 11.1 Å². The van der Waals surface area contributed by atoms with Crippen molar-refractivity contribution in [2.45, 2.75) is 19.3 Å². The molecule has 2 atom stereocenters. The van der Waals surface area contributed by atoms with Crippen LogP contribution in [0.4, 0.5) is 0 Å². The number of hydrogen-bond acceptors (Lipinski definition) is 3. The first kappa shape index (κ1) is 13.2. The Hall–Kier alpha value is -0.870. The smallest absolute Gasteiger partial charge is 0.246 e. The summed E-state index contributed by atoms with van der Waals surface area (Å²) in [6.45, 7) is 5.55. The van der Waals surface area contributed by atoms with E-state index in [-0.39, 0.29) is 12.5 Å². The molecule has 0 aromatic rings. The summed E-state index contributed by atoms with van der Waals surface area (Å²) in [5.74, 6) is 1.04. The standard InChI is InChI=1S/C12H22N2O2/c1-2-6-14-12(15)9-16-8-11-5-3-4-10(11)7-13/h2,10-11H,1,3-9,13H2,(H,14,15). The summed E-state index contributed by atoms with van der Waals surface area (Å²) in [5, 5.41) is 2.68. The number of carbonyl (C=O) groups excluding carboxylic acids is 1. The molecule has 0 radical (unpaired) electrons. The Kier molecular flexibility index (Phi) is 6.11. The molecule has 1 amide bonds. The lowest BCUT2D eigenvalue weighted by molar-refractivity contribution is -0.126. The summed E-state index contributed by atoms with van der Waals surface area (Å²) >= 11 is 0. The molecule has 1 aliphatic rings. The highest BCUT2D eigenvalue weighted by Gasteiger charge is 2.26. The SMILES string of the molecule is C=CCNC(=O)COCC1CCCC1CN. The lowest BCUT2D eigenvalue weighted by atomic mass is 9.97. The average Bonchev–Trinajstić information content (AvgIpc) is 2.74. The second-order valence-electron chi connectivity index (χ2n) is 4.29. The summed E-state index contributed by atoms with van der Waals surface area (Å²) in [6, 6.07) is 0. The van der Waals surface area contributed by atoms with Gasteiger partial charge >= 0.3 is 0 Å². The molecule has 1 fully saturated rings. The Morgan fingerprint density at radius 3 is 2.94 bits per heavy atom. The maximum atomic E-state index is 11.2. The van der Waals surface area contributed by atoms with Gasteiger partial charge < -0.3 is 15.8 Å².